The minimum Gasteiger partial charge on any atom is -0.454 e. The number of halogens is 2. The topological polar surface area (TPSA) is 46.6 Å². The van der Waals surface area contributed by atoms with E-state index in [0.29, 0.717) is 6.04 Å². The van der Waals surface area contributed by atoms with E-state index in [-0.39, 0.29) is 6.79 Å². The largest absolute Gasteiger partial charge is 0.454 e. The summed E-state index contributed by atoms with van der Waals surface area (Å²) in [6, 6.07) is 7.52. The summed E-state index contributed by atoms with van der Waals surface area (Å²) < 4.78 is 24.7. The summed E-state index contributed by atoms with van der Waals surface area (Å²) in [7, 11) is 0. The number of rotatable bonds is 4. The summed E-state index contributed by atoms with van der Waals surface area (Å²) >= 11 is 3.59. The Bertz CT molecular complexity index is 741. The highest BCUT2D eigenvalue weighted by molar-refractivity contribution is 9.10. The lowest BCUT2D eigenvalue weighted by Crippen LogP contribution is -2.32. The van der Waals surface area contributed by atoms with E-state index in [4.69, 9.17) is 9.47 Å². The van der Waals surface area contributed by atoms with Gasteiger partial charge in [-0.05, 0) is 36.2 Å². The molecule has 3 heterocycles. The Morgan fingerprint density at radius 3 is 2.92 bits per heavy atom. The molecule has 1 atom stereocenters. The van der Waals surface area contributed by atoms with Crippen molar-refractivity contribution < 1.29 is 13.9 Å². The van der Waals surface area contributed by atoms with Crippen LogP contribution < -0.4 is 19.7 Å². The summed E-state index contributed by atoms with van der Waals surface area (Å²) in [5.41, 5.74) is 2.10. The third kappa shape index (κ3) is 3.18. The van der Waals surface area contributed by atoms with Crippen LogP contribution in [0.5, 0.6) is 11.5 Å². The minimum absolute atomic E-state index is 0.280. The molecule has 0 bridgehead atoms. The zero-order valence-corrected chi connectivity index (χ0v) is 14.6. The first-order valence-electron chi connectivity index (χ1n) is 7.87. The summed E-state index contributed by atoms with van der Waals surface area (Å²) in [4.78, 5) is 5.95. The summed E-state index contributed by atoms with van der Waals surface area (Å²) in [5, 5.41) is 3.58. The lowest BCUT2D eigenvalue weighted by Gasteiger charge is -2.19. The van der Waals surface area contributed by atoms with Crippen LogP contribution in [0.25, 0.3) is 0 Å². The molecule has 7 heteroatoms. The monoisotopic (exact) mass is 393 g/mol. The smallest absolute Gasteiger partial charge is 0.231 e. The Hall–Kier alpha value is -1.86. The average molecular weight is 394 g/mol. The van der Waals surface area contributed by atoms with Crippen LogP contribution in [-0.4, -0.2) is 30.9 Å². The number of benzene rings is 1. The zero-order valence-electron chi connectivity index (χ0n) is 13.0. The second-order valence-electron chi connectivity index (χ2n) is 5.95. The van der Waals surface area contributed by atoms with Gasteiger partial charge in [0, 0.05) is 30.1 Å². The lowest BCUT2D eigenvalue weighted by atomic mass is 10.2. The Balaban J connectivity index is 1.36. The average Bonchev–Trinajstić information content (AvgIpc) is 3.22. The number of hydrogen-bond acceptors (Lipinski definition) is 5. The SMILES string of the molecule is Fc1ccc(N2CC[C@H](NCc3cc4c(cc3Br)OCO4)C2)cn1. The van der Waals surface area contributed by atoms with Gasteiger partial charge < -0.3 is 19.7 Å². The van der Waals surface area contributed by atoms with Gasteiger partial charge in [0.2, 0.25) is 12.7 Å². The van der Waals surface area contributed by atoms with Crippen molar-refractivity contribution in [2.45, 2.75) is 19.0 Å². The van der Waals surface area contributed by atoms with Gasteiger partial charge in [0.05, 0.1) is 11.9 Å². The molecule has 4 rings (SSSR count). The van der Waals surface area contributed by atoms with Crippen LogP contribution in [0.4, 0.5) is 10.1 Å². The maximum atomic E-state index is 12.9. The number of hydrogen-bond donors (Lipinski definition) is 1. The van der Waals surface area contributed by atoms with E-state index in [1.807, 2.05) is 12.1 Å². The van der Waals surface area contributed by atoms with E-state index in [2.05, 4.69) is 31.1 Å². The zero-order chi connectivity index (χ0) is 16.5. The fourth-order valence-electron chi connectivity index (χ4n) is 3.07. The molecule has 1 fully saturated rings. The fourth-order valence-corrected chi connectivity index (χ4v) is 3.53. The third-order valence-electron chi connectivity index (χ3n) is 4.39. The number of anilines is 1. The van der Waals surface area contributed by atoms with Crippen molar-refractivity contribution in [2.24, 2.45) is 0 Å². The first-order valence-corrected chi connectivity index (χ1v) is 8.66. The summed E-state index contributed by atoms with van der Waals surface area (Å²) in [5.74, 6) is 1.13. The standard InChI is InChI=1S/C17H17BrFN3O2/c18-14-6-16-15(23-10-24-16)5-11(14)7-20-12-3-4-22(9-12)13-1-2-17(19)21-8-13/h1-2,5-6,8,12,20H,3-4,7,9-10H2/t12-/m0/s1. The molecule has 126 valence electrons. The van der Waals surface area contributed by atoms with Crippen LogP contribution >= 0.6 is 15.9 Å². The number of aromatic nitrogens is 1. The molecular weight excluding hydrogens is 377 g/mol. The van der Waals surface area contributed by atoms with Gasteiger partial charge in [-0.2, -0.15) is 4.39 Å². The van der Waals surface area contributed by atoms with Crippen LogP contribution in [0.3, 0.4) is 0 Å². The van der Waals surface area contributed by atoms with Gasteiger partial charge in [-0.25, -0.2) is 4.98 Å². The van der Waals surface area contributed by atoms with Crippen molar-refractivity contribution >= 4 is 21.6 Å². The van der Waals surface area contributed by atoms with Crippen molar-refractivity contribution in [3.8, 4) is 11.5 Å². The Labute approximate surface area is 147 Å². The van der Waals surface area contributed by atoms with E-state index in [1.165, 1.54) is 6.07 Å². The molecule has 0 radical (unpaired) electrons. The number of fused-ring (bicyclic) bond motifs is 1. The van der Waals surface area contributed by atoms with Gasteiger partial charge in [0.15, 0.2) is 11.5 Å². The Morgan fingerprint density at radius 1 is 1.29 bits per heavy atom. The molecule has 1 aromatic heterocycles. The van der Waals surface area contributed by atoms with E-state index < -0.39 is 5.95 Å². The molecule has 0 saturated carbocycles. The van der Waals surface area contributed by atoms with Crippen LogP contribution in [0.15, 0.2) is 34.9 Å². The number of ether oxygens (including phenoxy) is 2. The highest BCUT2D eigenvalue weighted by Crippen LogP contribution is 2.37. The van der Waals surface area contributed by atoms with Crippen LogP contribution in [0.2, 0.25) is 0 Å². The van der Waals surface area contributed by atoms with Crippen molar-refractivity contribution in [2.75, 3.05) is 24.8 Å². The lowest BCUT2D eigenvalue weighted by molar-refractivity contribution is 0.174. The van der Waals surface area contributed by atoms with Crippen molar-refractivity contribution in [3.63, 3.8) is 0 Å². The maximum Gasteiger partial charge on any atom is 0.231 e. The molecule has 2 aliphatic rings. The van der Waals surface area contributed by atoms with Crippen LogP contribution in [0, 0.1) is 5.95 Å². The van der Waals surface area contributed by atoms with Gasteiger partial charge >= 0.3 is 0 Å². The Morgan fingerprint density at radius 2 is 2.12 bits per heavy atom. The third-order valence-corrected chi connectivity index (χ3v) is 5.13. The normalized spacial score (nSPS) is 19.1. The van der Waals surface area contributed by atoms with Gasteiger partial charge in [-0.15, -0.1) is 0 Å². The molecule has 2 aromatic rings. The highest BCUT2D eigenvalue weighted by Gasteiger charge is 2.23. The highest BCUT2D eigenvalue weighted by atomic mass is 79.9. The summed E-state index contributed by atoms with van der Waals surface area (Å²) in [6.07, 6.45) is 2.63. The summed E-state index contributed by atoms with van der Waals surface area (Å²) in [6.45, 7) is 2.85. The molecule has 2 aliphatic heterocycles. The molecule has 24 heavy (non-hydrogen) atoms. The van der Waals surface area contributed by atoms with Crippen LogP contribution in [-0.2, 0) is 6.54 Å². The molecule has 1 N–H and O–H groups in total. The number of nitrogens with one attached hydrogen (secondary N) is 1. The Kier molecular flexibility index (Phi) is 4.28. The molecule has 0 unspecified atom stereocenters. The van der Waals surface area contributed by atoms with Gasteiger partial charge in [-0.1, -0.05) is 15.9 Å². The van der Waals surface area contributed by atoms with E-state index >= 15 is 0 Å². The van der Waals surface area contributed by atoms with E-state index in [9.17, 15) is 4.39 Å². The fraction of sp³-hybridized carbons (Fsp3) is 0.353. The maximum absolute atomic E-state index is 12.9. The number of nitrogens with zero attached hydrogens (tertiary/aromatic N) is 2. The molecular formula is C17H17BrFN3O2. The molecule has 0 spiro atoms. The van der Waals surface area contributed by atoms with Crippen molar-refractivity contribution in [1.82, 2.24) is 10.3 Å². The van der Waals surface area contributed by atoms with Crippen molar-refractivity contribution in [1.29, 1.82) is 0 Å². The van der Waals surface area contributed by atoms with Gasteiger partial charge in [-0.3, -0.25) is 0 Å². The number of pyridine rings is 1. The quantitative estimate of drug-likeness (QED) is 0.808. The second kappa shape index (κ2) is 6.57. The molecule has 0 aliphatic carbocycles. The van der Waals surface area contributed by atoms with Gasteiger partial charge in [0.25, 0.3) is 0 Å². The first-order chi connectivity index (χ1) is 11.7. The molecule has 5 nitrogen and oxygen atoms in total. The van der Waals surface area contributed by atoms with E-state index in [0.717, 1.165) is 53.3 Å². The minimum atomic E-state index is -0.444. The molecule has 1 saturated heterocycles. The predicted molar refractivity (Wildman–Crippen MR) is 91.9 cm³/mol. The molecule has 0 amide bonds. The second-order valence-corrected chi connectivity index (χ2v) is 6.80. The van der Waals surface area contributed by atoms with E-state index in [1.54, 1.807) is 12.3 Å². The predicted octanol–water partition coefficient (Wildman–Crippen LogP) is 3.08. The van der Waals surface area contributed by atoms with Crippen molar-refractivity contribution in [3.05, 3.63) is 46.4 Å². The van der Waals surface area contributed by atoms with Crippen LogP contribution in [0.1, 0.15) is 12.0 Å². The first kappa shape index (κ1) is 15.7. The van der Waals surface area contributed by atoms with Gasteiger partial charge in [0.1, 0.15) is 0 Å². The molecule has 1 aromatic carbocycles.